The zero-order valence-electron chi connectivity index (χ0n) is 21.5. The van der Waals surface area contributed by atoms with E-state index in [0.717, 1.165) is 49.0 Å². The van der Waals surface area contributed by atoms with Gasteiger partial charge in [-0.3, -0.25) is 4.79 Å². The fourth-order valence-corrected chi connectivity index (χ4v) is 7.36. The molecule has 0 spiro atoms. The van der Waals surface area contributed by atoms with Crippen molar-refractivity contribution in [3.63, 3.8) is 0 Å². The van der Waals surface area contributed by atoms with Gasteiger partial charge in [-0.2, -0.15) is 4.31 Å². The molecule has 8 nitrogen and oxygen atoms in total. The Morgan fingerprint density at radius 3 is 2.45 bits per heavy atom. The lowest BCUT2D eigenvalue weighted by atomic mass is 9.78. The maximum atomic E-state index is 13.6. The number of ether oxygens (including phenoxy) is 1. The van der Waals surface area contributed by atoms with Gasteiger partial charge < -0.3 is 15.2 Å². The predicted octanol–water partition coefficient (Wildman–Crippen LogP) is 4.85. The highest BCUT2D eigenvalue weighted by Crippen LogP contribution is 2.42. The molecule has 1 aliphatic heterocycles. The lowest BCUT2D eigenvalue weighted by Crippen LogP contribution is -2.38. The first-order valence-corrected chi connectivity index (χ1v) is 14.5. The number of amides is 1. The molecule has 2 heterocycles. The zero-order valence-corrected chi connectivity index (χ0v) is 22.3. The Morgan fingerprint density at radius 2 is 1.79 bits per heavy atom. The molecule has 0 unspecified atom stereocenters. The van der Waals surface area contributed by atoms with E-state index in [9.17, 15) is 18.3 Å². The van der Waals surface area contributed by atoms with Crippen molar-refractivity contribution in [3.05, 3.63) is 72.3 Å². The van der Waals surface area contributed by atoms with Crippen LogP contribution in [0.5, 0.6) is 5.75 Å². The van der Waals surface area contributed by atoms with E-state index in [0.29, 0.717) is 24.5 Å². The summed E-state index contributed by atoms with van der Waals surface area (Å²) in [6.07, 6.45) is 4.92. The molecule has 1 atom stereocenters. The highest BCUT2D eigenvalue weighted by molar-refractivity contribution is 7.89. The molecule has 1 aliphatic carbocycles. The lowest BCUT2D eigenvalue weighted by molar-refractivity contribution is -0.121. The van der Waals surface area contributed by atoms with Crippen LogP contribution in [0.25, 0.3) is 11.3 Å². The summed E-state index contributed by atoms with van der Waals surface area (Å²) in [4.78, 5) is 18.4. The number of aromatic nitrogens is 1. The van der Waals surface area contributed by atoms with Crippen molar-refractivity contribution in [1.29, 1.82) is 0 Å². The van der Waals surface area contributed by atoms with E-state index < -0.39 is 15.4 Å². The number of aliphatic hydroxyl groups excluding tert-OH is 1. The largest absolute Gasteiger partial charge is 0.497 e. The van der Waals surface area contributed by atoms with Gasteiger partial charge in [0.15, 0.2) is 0 Å². The molecule has 38 heavy (non-hydrogen) atoms. The van der Waals surface area contributed by atoms with E-state index in [1.165, 1.54) is 4.31 Å². The van der Waals surface area contributed by atoms with Crippen LogP contribution in [-0.2, 0) is 20.2 Å². The molecular formula is C29H37N3O5S. The number of anilines is 1. The number of nitrogens with zero attached hydrogens (tertiary/aromatic N) is 2. The molecule has 2 aliphatic rings. The van der Waals surface area contributed by atoms with E-state index in [1.54, 1.807) is 37.4 Å². The first kappa shape index (κ1) is 26.3. The minimum atomic E-state index is -3.68. The molecule has 3 aromatic rings. The number of rotatable bonds is 8. The van der Waals surface area contributed by atoms with Crippen molar-refractivity contribution in [2.24, 2.45) is 0 Å². The first-order valence-electron chi connectivity index (χ1n) is 13.0. The molecule has 1 amide bonds. The number of carbonyl (C=O) groups is 1. The summed E-state index contributed by atoms with van der Waals surface area (Å²) in [6, 6.07) is 19.3. The normalized spacial score (nSPS) is 19.4. The number of pyridine rings is 1. The van der Waals surface area contributed by atoms with Crippen LogP contribution in [0, 0.1) is 0 Å². The number of benzene rings is 2. The Morgan fingerprint density at radius 1 is 1.08 bits per heavy atom. The van der Waals surface area contributed by atoms with E-state index in [4.69, 9.17) is 4.74 Å². The van der Waals surface area contributed by atoms with Crippen molar-refractivity contribution in [3.8, 4) is 17.0 Å². The van der Waals surface area contributed by atoms with Gasteiger partial charge in [-0.25, -0.2) is 13.4 Å². The summed E-state index contributed by atoms with van der Waals surface area (Å²) in [5.74, 6) is 1.13. The third kappa shape index (κ3) is 4.93. The quantitative estimate of drug-likeness (QED) is 0.424. The van der Waals surface area contributed by atoms with Crippen LogP contribution in [0.1, 0.15) is 46.9 Å². The van der Waals surface area contributed by atoms with E-state index in [2.05, 4.69) is 10.3 Å². The maximum absolute atomic E-state index is 13.6. The number of sulfonamides is 1. The molecule has 2 fully saturated rings. The van der Waals surface area contributed by atoms with Crippen LogP contribution >= 0.6 is 0 Å². The Labute approximate surface area is 226 Å². The standard InChI is InChI=1S/C29H33N3O5S.2H2/c1-37-24-13-11-22(12-14-24)29(17-2-3-18-29)28(34)31-27-8-4-7-26(30-27)21-9-15-25(16-10-21)38(35,36)32-19-5-6-23(32)20-33;;/h4,7-16,23,33H,2-3,5-6,17-20H2,1H3,(H,30,31,34);2*1H/t23-;;/m1../s1. The molecule has 204 valence electrons. The van der Waals surface area contributed by atoms with Crippen LogP contribution in [-0.4, -0.2) is 55.0 Å². The molecule has 5 rings (SSSR count). The first-order chi connectivity index (χ1) is 18.4. The lowest BCUT2D eigenvalue weighted by Gasteiger charge is -2.28. The molecule has 0 bridgehead atoms. The summed E-state index contributed by atoms with van der Waals surface area (Å²) in [5, 5.41) is 12.6. The van der Waals surface area contributed by atoms with Gasteiger partial charge in [0.1, 0.15) is 11.6 Å². The van der Waals surface area contributed by atoms with Gasteiger partial charge in [-0.05, 0) is 67.6 Å². The van der Waals surface area contributed by atoms with Gasteiger partial charge in [0, 0.05) is 21.0 Å². The minimum Gasteiger partial charge on any atom is -0.497 e. The second-order valence-electron chi connectivity index (χ2n) is 10.00. The van der Waals surface area contributed by atoms with E-state index in [-0.39, 0.29) is 26.3 Å². The predicted molar refractivity (Wildman–Crippen MR) is 150 cm³/mol. The topological polar surface area (TPSA) is 109 Å². The smallest absolute Gasteiger partial charge is 0.243 e. The van der Waals surface area contributed by atoms with Crippen LogP contribution in [0.4, 0.5) is 5.82 Å². The molecule has 0 radical (unpaired) electrons. The molecule has 1 saturated carbocycles. The van der Waals surface area contributed by atoms with Gasteiger partial charge in [0.2, 0.25) is 15.9 Å². The number of hydrogen-bond acceptors (Lipinski definition) is 6. The van der Waals surface area contributed by atoms with Gasteiger partial charge in [0.05, 0.1) is 29.7 Å². The van der Waals surface area contributed by atoms with Crippen molar-refractivity contribution in [2.75, 3.05) is 25.6 Å². The molecule has 1 aromatic heterocycles. The minimum absolute atomic E-state index is 0. The number of carbonyl (C=O) groups excluding carboxylic acids is 1. The van der Waals surface area contributed by atoms with Crippen LogP contribution in [0.15, 0.2) is 71.6 Å². The monoisotopic (exact) mass is 539 g/mol. The van der Waals surface area contributed by atoms with Gasteiger partial charge in [0.25, 0.3) is 0 Å². The highest BCUT2D eigenvalue weighted by atomic mass is 32.2. The third-order valence-electron chi connectivity index (χ3n) is 7.82. The molecule has 1 saturated heterocycles. The molecule has 2 N–H and O–H groups in total. The fraction of sp³-hybridized carbons (Fsp3) is 0.379. The van der Waals surface area contributed by atoms with Crippen LogP contribution in [0.3, 0.4) is 0 Å². The number of nitrogens with one attached hydrogen (secondary N) is 1. The Bertz CT molecular complexity index is 1400. The Balaban J connectivity index is 0.00000220. The Hall–Kier alpha value is -3.27. The maximum Gasteiger partial charge on any atom is 0.243 e. The third-order valence-corrected chi connectivity index (χ3v) is 9.78. The van der Waals surface area contributed by atoms with Crippen molar-refractivity contribution >= 4 is 21.7 Å². The SMILES string of the molecule is COc1ccc(C2(C(=O)Nc3cccc(-c4ccc(S(=O)(=O)N5CCC[C@@H]5CO)cc4)n3)CCCC2)cc1.[HH].[HH]. The Kier molecular flexibility index (Phi) is 7.52. The highest BCUT2D eigenvalue weighted by Gasteiger charge is 2.43. The van der Waals surface area contributed by atoms with Crippen molar-refractivity contribution < 1.29 is 25.9 Å². The summed E-state index contributed by atoms with van der Waals surface area (Å²) in [6.45, 7) is 0.232. The van der Waals surface area contributed by atoms with Crippen molar-refractivity contribution in [1.82, 2.24) is 9.29 Å². The summed E-state index contributed by atoms with van der Waals surface area (Å²) < 4.78 is 32.8. The van der Waals surface area contributed by atoms with Gasteiger partial charge >= 0.3 is 0 Å². The second-order valence-corrected chi connectivity index (χ2v) is 11.9. The van der Waals surface area contributed by atoms with Gasteiger partial charge in [-0.15, -0.1) is 0 Å². The number of methoxy groups -OCH3 is 1. The van der Waals surface area contributed by atoms with Crippen LogP contribution < -0.4 is 10.1 Å². The van der Waals surface area contributed by atoms with E-state index >= 15 is 0 Å². The average molecular weight is 540 g/mol. The molecule has 2 aromatic carbocycles. The van der Waals surface area contributed by atoms with Gasteiger partial charge in [-0.1, -0.05) is 43.2 Å². The number of hydrogen-bond donors (Lipinski definition) is 2. The summed E-state index contributed by atoms with van der Waals surface area (Å²) in [7, 11) is -2.06. The van der Waals surface area contributed by atoms with Crippen molar-refractivity contribution in [2.45, 2.75) is 54.9 Å². The number of aliphatic hydroxyl groups is 1. The fourth-order valence-electron chi connectivity index (χ4n) is 5.68. The van der Waals surface area contributed by atoms with E-state index in [1.807, 2.05) is 36.4 Å². The average Bonchev–Trinajstić information content (AvgIpc) is 3.65. The summed E-state index contributed by atoms with van der Waals surface area (Å²) >= 11 is 0. The zero-order chi connectivity index (χ0) is 26.8. The van der Waals surface area contributed by atoms with Crippen LogP contribution in [0.2, 0.25) is 0 Å². The summed E-state index contributed by atoms with van der Waals surface area (Å²) in [5.41, 5.74) is 1.74. The molecule has 9 heteroatoms. The second kappa shape index (κ2) is 10.8. The molecular weight excluding hydrogens is 502 g/mol.